The summed E-state index contributed by atoms with van der Waals surface area (Å²) < 4.78 is 8.58. The van der Waals surface area contributed by atoms with Crippen LogP contribution in [0.15, 0.2) is 27.6 Å². The van der Waals surface area contributed by atoms with Crippen molar-refractivity contribution in [2.45, 2.75) is 65.0 Å². The molecule has 2 aromatic heterocycles. The van der Waals surface area contributed by atoms with Crippen LogP contribution in [0.4, 0.5) is 0 Å². The van der Waals surface area contributed by atoms with E-state index in [0.717, 1.165) is 38.5 Å². The minimum atomic E-state index is -0.133. The molecule has 7 heteroatoms. The highest BCUT2D eigenvalue weighted by atomic mass is 16.3. The lowest BCUT2D eigenvalue weighted by atomic mass is 9.97. The average molecular weight is 360 g/mol. The van der Waals surface area contributed by atoms with Crippen molar-refractivity contribution in [2.24, 2.45) is 5.92 Å². The van der Waals surface area contributed by atoms with Gasteiger partial charge in [-0.05, 0) is 37.8 Å². The van der Waals surface area contributed by atoms with Crippen LogP contribution in [0, 0.1) is 5.92 Å². The smallest absolute Gasteiger partial charge is 0.346 e. The molecule has 0 atom stereocenters. The summed E-state index contributed by atoms with van der Waals surface area (Å²) in [6, 6.07) is 3.81. The number of amides is 1. The van der Waals surface area contributed by atoms with Gasteiger partial charge in [-0.1, -0.05) is 26.7 Å². The second-order valence-corrected chi connectivity index (χ2v) is 6.97. The Morgan fingerprint density at radius 3 is 2.65 bits per heavy atom. The highest BCUT2D eigenvalue weighted by molar-refractivity contribution is 5.78. The molecule has 1 N–H and O–H groups in total. The number of rotatable bonds is 10. The van der Waals surface area contributed by atoms with Crippen molar-refractivity contribution in [3.63, 3.8) is 0 Å². The molecule has 1 amide bonds. The Hall–Kier alpha value is -2.31. The van der Waals surface area contributed by atoms with Gasteiger partial charge in [-0.25, -0.2) is 9.48 Å². The molecule has 0 aliphatic heterocycles. The van der Waals surface area contributed by atoms with Crippen LogP contribution in [-0.2, 0) is 11.3 Å². The summed E-state index contributed by atoms with van der Waals surface area (Å²) in [7, 11) is 0. The molecule has 0 radical (unpaired) electrons. The van der Waals surface area contributed by atoms with Gasteiger partial charge in [0.1, 0.15) is 0 Å². The SMILES string of the molecule is CCCC(CCC)C(=O)NCCn1nc(-c2ccco2)n(C2CC2)c1=O. The number of aromatic nitrogens is 3. The number of nitrogens with zero attached hydrogens (tertiary/aromatic N) is 3. The maximum atomic E-state index is 12.7. The first kappa shape index (κ1) is 18.5. The quantitative estimate of drug-likeness (QED) is 0.706. The minimum absolute atomic E-state index is 0.0597. The van der Waals surface area contributed by atoms with Crippen LogP contribution in [0.1, 0.15) is 58.4 Å². The maximum absolute atomic E-state index is 12.7. The van der Waals surface area contributed by atoms with Crippen LogP contribution in [0.25, 0.3) is 11.6 Å². The summed E-state index contributed by atoms with van der Waals surface area (Å²) >= 11 is 0. The Kier molecular flexibility index (Phi) is 5.96. The third-order valence-corrected chi connectivity index (χ3v) is 4.79. The van der Waals surface area contributed by atoms with Crippen LogP contribution in [0.5, 0.6) is 0 Å². The van der Waals surface area contributed by atoms with Crippen molar-refractivity contribution < 1.29 is 9.21 Å². The third-order valence-electron chi connectivity index (χ3n) is 4.79. The van der Waals surface area contributed by atoms with E-state index in [4.69, 9.17) is 4.42 Å². The highest BCUT2D eigenvalue weighted by Crippen LogP contribution is 2.36. The van der Waals surface area contributed by atoms with Crippen LogP contribution in [-0.4, -0.2) is 26.8 Å². The molecule has 0 aromatic carbocycles. The molecular weight excluding hydrogens is 332 g/mol. The predicted octanol–water partition coefficient (Wildman–Crippen LogP) is 2.97. The Morgan fingerprint density at radius 1 is 1.35 bits per heavy atom. The molecule has 2 heterocycles. The van der Waals surface area contributed by atoms with E-state index in [1.165, 1.54) is 4.68 Å². The van der Waals surface area contributed by atoms with Crippen molar-refractivity contribution >= 4 is 5.91 Å². The molecule has 0 unspecified atom stereocenters. The van der Waals surface area contributed by atoms with Crippen molar-refractivity contribution in [2.75, 3.05) is 6.54 Å². The van der Waals surface area contributed by atoms with Gasteiger partial charge in [0.2, 0.25) is 11.7 Å². The molecule has 0 saturated heterocycles. The lowest BCUT2D eigenvalue weighted by molar-refractivity contribution is -0.125. The number of carbonyl (C=O) groups excluding carboxylic acids is 1. The monoisotopic (exact) mass is 360 g/mol. The van der Waals surface area contributed by atoms with Gasteiger partial charge in [-0.2, -0.15) is 0 Å². The van der Waals surface area contributed by atoms with E-state index >= 15 is 0 Å². The summed E-state index contributed by atoms with van der Waals surface area (Å²) in [5, 5.41) is 7.41. The molecule has 0 bridgehead atoms. The molecule has 142 valence electrons. The Morgan fingerprint density at radius 2 is 2.08 bits per heavy atom. The van der Waals surface area contributed by atoms with Gasteiger partial charge in [0, 0.05) is 18.5 Å². The Labute approximate surface area is 153 Å². The van der Waals surface area contributed by atoms with Crippen molar-refractivity contribution in [1.29, 1.82) is 0 Å². The first-order valence-corrected chi connectivity index (χ1v) is 9.66. The van der Waals surface area contributed by atoms with Gasteiger partial charge in [0.25, 0.3) is 0 Å². The summed E-state index contributed by atoms with van der Waals surface area (Å²) in [5.41, 5.74) is -0.133. The standard InChI is InChI=1S/C19H28N4O3/c1-3-6-14(7-4-2)18(24)20-11-12-22-19(25)23(15-9-10-15)17(21-22)16-8-5-13-26-16/h5,8,13-15H,3-4,6-7,9-12H2,1-2H3,(H,20,24). The fourth-order valence-corrected chi connectivity index (χ4v) is 3.33. The Balaban J connectivity index is 1.66. The molecule has 0 spiro atoms. The van der Waals surface area contributed by atoms with Crippen LogP contribution < -0.4 is 11.0 Å². The minimum Gasteiger partial charge on any atom is -0.461 e. The van der Waals surface area contributed by atoms with E-state index < -0.39 is 0 Å². The lowest BCUT2D eigenvalue weighted by Crippen LogP contribution is -2.35. The van der Waals surface area contributed by atoms with Crippen molar-refractivity contribution in [3.05, 3.63) is 28.9 Å². The zero-order valence-electron chi connectivity index (χ0n) is 15.6. The van der Waals surface area contributed by atoms with E-state index in [0.29, 0.717) is 24.7 Å². The molecule has 2 aromatic rings. The van der Waals surface area contributed by atoms with E-state index in [9.17, 15) is 9.59 Å². The zero-order valence-corrected chi connectivity index (χ0v) is 15.6. The van der Waals surface area contributed by atoms with Crippen molar-refractivity contribution in [3.8, 4) is 11.6 Å². The molecule has 1 aliphatic rings. The summed E-state index contributed by atoms with van der Waals surface area (Å²) in [4.78, 5) is 25.0. The molecule has 26 heavy (non-hydrogen) atoms. The summed E-state index contributed by atoms with van der Waals surface area (Å²) in [5.74, 6) is 1.31. The summed E-state index contributed by atoms with van der Waals surface area (Å²) in [6.07, 6.45) is 7.36. The fourth-order valence-electron chi connectivity index (χ4n) is 3.33. The number of furan rings is 1. The molecule has 1 saturated carbocycles. The molecule has 7 nitrogen and oxygen atoms in total. The number of carbonyl (C=O) groups is 1. The van der Waals surface area contributed by atoms with E-state index in [-0.39, 0.29) is 23.6 Å². The number of nitrogens with one attached hydrogen (secondary N) is 1. The second kappa shape index (κ2) is 8.38. The number of hydrogen-bond donors (Lipinski definition) is 1. The average Bonchev–Trinajstić information content (AvgIpc) is 3.20. The van der Waals surface area contributed by atoms with Gasteiger partial charge in [0.15, 0.2) is 5.76 Å². The maximum Gasteiger partial charge on any atom is 0.346 e. The predicted molar refractivity (Wildman–Crippen MR) is 98.8 cm³/mol. The first-order valence-electron chi connectivity index (χ1n) is 9.66. The third kappa shape index (κ3) is 4.08. The van der Waals surface area contributed by atoms with Gasteiger partial charge >= 0.3 is 5.69 Å². The van der Waals surface area contributed by atoms with Crippen LogP contribution in [0.3, 0.4) is 0 Å². The van der Waals surface area contributed by atoms with Gasteiger partial charge in [0.05, 0.1) is 12.8 Å². The zero-order chi connectivity index (χ0) is 18.5. The topological polar surface area (TPSA) is 82.1 Å². The molecular formula is C19H28N4O3. The van der Waals surface area contributed by atoms with E-state index in [2.05, 4.69) is 24.3 Å². The van der Waals surface area contributed by atoms with E-state index in [1.54, 1.807) is 16.9 Å². The normalized spacial score (nSPS) is 14.1. The second-order valence-electron chi connectivity index (χ2n) is 6.97. The summed E-state index contributed by atoms with van der Waals surface area (Å²) in [6.45, 7) is 4.96. The molecule has 3 rings (SSSR count). The molecule has 1 fully saturated rings. The van der Waals surface area contributed by atoms with Gasteiger partial charge in [-0.15, -0.1) is 5.10 Å². The first-order chi connectivity index (χ1) is 12.7. The van der Waals surface area contributed by atoms with Gasteiger partial charge < -0.3 is 9.73 Å². The van der Waals surface area contributed by atoms with Crippen LogP contribution >= 0.6 is 0 Å². The largest absolute Gasteiger partial charge is 0.461 e. The fraction of sp³-hybridized carbons (Fsp3) is 0.632. The number of hydrogen-bond acceptors (Lipinski definition) is 4. The van der Waals surface area contributed by atoms with E-state index in [1.807, 2.05) is 6.07 Å². The van der Waals surface area contributed by atoms with Crippen molar-refractivity contribution in [1.82, 2.24) is 19.7 Å². The Bertz CT molecular complexity index is 765. The van der Waals surface area contributed by atoms with Gasteiger partial charge in [-0.3, -0.25) is 9.36 Å². The van der Waals surface area contributed by atoms with Crippen LogP contribution in [0.2, 0.25) is 0 Å². The highest BCUT2D eigenvalue weighted by Gasteiger charge is 2.31. The molecule has 1 aliphatic carbocycles. The lowest BCUT2D eigenvalue weighted by Gasteiger charge is -2.14.